The van der Waals surface area contributed by atoms with E-state index in [0.29, 0.717) is 40.9 Å². The molecule has 4 rings (SSSR count). The minimum atomic E-state index is -4.54. The maximum Gasteiger partial charge on any atom is 0.433 e. The Morgan fingerprint density at radius 2 is 2.10 bits per heavy atom. The van der Waals surface area contributed by atoms with E-state index < -0.39 is 11.9 Å². The van der Waals surface area contributed by atoms with Crippen molar-refractivity contribution < 1.29 is 18.0 Å². The largest absolute Gasteiger partial charge is 0.433 e. The Morgan fingerprint density at radius 1 is 1.30 bits per heavy atom. The third-order valence-electron chi connectivity index (χ3n) is 5.03. The lowest BCUT2D eigenvalue weighted by Gasteiger charge is -2.12. The Hall–Kier alpha value is -3.67. The third kappa shape index (κ3) is 3.64. The first kappa shape index (κ1) is 19.6. The molecule has 1 aliphatic rings. The summed E-state index contributed by atoms with van der Waals surface area (Å²) in [4.78, 5) is 16.0. The molecular formula is C21H16F3N5O. The predicted molar refractivity (Wildman–Crippen MR) is 101 cm³/mol. The van der Waals surface area contributed by atoms with Gasteiger partial charge in [0.1, 0.15) is 5.69 Å². The van der Waals surface area contributed by atoms with Crippen LogP contribution in [0.4, 0.5) is 13.2 Å². The van der Waals surface area contributed by atoms with Crippen LogP contribution in [0, 0.1) is 18.3 Å². The molecule has 3 heterocycles. The highest BCUT2D eigenvalue weighted by atomic mass is 19.4. The van der Waals surface area contributed by atoms with E-state index in [-0.39, 0.29) is 11.9 Å². The van der Waals surface area contributed by atoms with E-state index in [4.69, 9.17) is 5.26 Å². The van der Waals surface area contributed by atoms with Gasteiger partial charge in [0.15, 0.2) is 0 Å². The van der Waals surface area contributed by atoms with E-state index in [1.165, 1.54) is 12.3 Å². The molecule has 0 spiro atoms. The molecule has 0 bridgehead atoms. The smallest absolute Gasteiger partial charge is 0.344 e. The summed E-state index contributed by atoms with van der Waals surface area (Å²) in [5.41, 5.74) is 1.83. The van der Waals surface area contributed by atoms with Crippen LogP contribution in [0.5, 0.6) is 0 Å². The highest BCUT2D eigenvalue weighted by molar-refractivity contribution is 5.94. The number of alkyl halides is 3. The highest BCUT2D eigenvalue weighted by Gasteiger charge is 2.33. The fourth-order valence-electron chi connectivity index (χ4n) is 3.49. The lowest BCUT2D eigenvalue weighted by Crippen LogP contribution is -2.27. The number of aryl methyl sites for hydroxylation is 2. The Kier molecular flexibility index (Phi) is 4.78. The van der Waals surface area contributed by atoms with Crippen molar-refractivity contribution in [3.05, 3.63) is 70.7 Å². The van der Waals surface area contributed by atoms with Crippen LogP contribution in [0.15, 0.2) is 42.6 Å². The molecule has 0 unspecified atom stereocenters. The SMILES string of the molecule is Cc1cnc(C(F)(F)F)cc1-c1cc2n(n1)CC[C@@H]2NC(=O)c1cccc(C#N)c1. The van der Waals surface area contributed by atoms with Gasteiger partial charge in [-0.15, -0.1) is 0 Å². The van der Waals surface area contributed by atoms with Crippen molar-refractivity contribution in [3.8, 4) is 17.3 Å². The maximum atomic E-state index is 13.0. The van der Waals surface area contributed by atoms with Crippen molar-refractivity contribution in [3.63, 3.8) is 0 Å². The highest BCUT2D eigenvalue weighted by Crippen LogP contribution is 2.34. The van der Waals surface area contributed by atoms with Gasteiger partial charge in [0, 0.05) is 23.9 Å². The minimum absolute atomic E-state index is 0.325. The second kappa shape index (κ2) is 7.30. The predicted octanol–water partition coefficient (Wildman–Crippen LogP) is 4.02. The number of hydrogen-bond acceptors (Lipinski definition) is 4. The normalized spacial score (nSPS) is 15.5. The number of carbonyl (C=O) groups is 1. The standard InChI is InChI=1S/C21H16F3N5O/c1-12-11-26-19(21(22,23)24)8-15(12)17-9-18-16(5-6-29(18)28-17)27-20(30)14-4-2-3-13(7-14)10-25/h2-4,7-9,11,16H,5-6H2,1H3,(H,27,30)/t16-/m0/s1. The summed E-state index contributed by atoms with van der Waals surface area (Å²) < 4.78 is 40.8. The molecule has 30 heavy (non-hydrogen) atoms. The molecule has 0 saturated carbocycles. The molecule has 2 aromatic heterocycles. The molecule has 1 atom stereocenters. The van der Waals surface area contributed by atoms with Crippen LogP contribution in [0.2, 0.25) is 0 Å². The number of carbonyl (C=O) groups excluding carboxylic acids is 1. The monoisotopic (exact) mass is 411 g/mol. The van der Waals surface area contributed by atoms with Gasteiger partial charge in [-0.05, 0) is 49.2 Å². The summed E-state index contributed by atoms with van der Waals surface area (Å²) in [6.45, 7) is 2.21. The van der Waals surface area contributed by atoms with Crippen LogP contribution in [0.3, 0.4) is 0 Å². The molecule has 1 amide bonds. The van der Waals surface area contributed by atoms with Crippen molar-refractivity contribution in [2.45, 2.75) is 32.1 Å². The molecule has 3 aromatic rings. The fourth-order valence-corrected chi connectivity index (χ4v) is 3.49. The Labute approximate surface area is 170 Å². The second-order valence-electron chi connectivity index (χ2n) is 7.07. The molecule has 0 aliphatic carbocycles. The molecule has 9 heteroatoms. The number of nitrogens with one attached hydrogen (secondary N) is 1. The quantitative estimate of drug-likeness (QED) is 0.706. The summed E-state index contributed by atoms with van der Waals surface area (Å²) in [7, 11) is 0. The van der Waals surface area contributed by atoms with Gasteiger partial charge in [-0.25, -0.2) is 0 Å². The Morgan fingerprint density at radius 3 is 2.83 bits per heavy atom. The van der Waals surface area contributed by atoms with Gasteiger partial charge in [-0.3, -0.25) is 14.5 Å². The van der Waals surface area contributed by atoms with E-state index in [9.17, 15) is 18.0 Å². The Balaban J connectivity index is 1.60. The number of pyridine rings is 1. The topological polar surface area (TPSA) is 83.6 Å². The van der Waals surface area contributed by atoms with Crippen molar-refractivity contribution in [1.82, 2.24) is 20.1 Å². The first-order chi connectivity index (χ1) is 14.3. The van der Waals surface area contributed by atoms with Crippen LogP contribution in [0.1, 0.15) is 45.3 Å². The number of rotatable bonds is 3. The molecule has 1 N–H and O–H groups in total. The zero-order valence-electron chi connectivity index (χ0n) is 15.9. The van der Waals surface area contributed by atoms with Crippen LogP contribution < -0.4 is 5.32 Å². The molecular weight excluding hydrogens is 395 g/mol. The van der Waals surface area contributed by atoms with Gasteiger partial charge in [0.2, 0.25) is 0 Å². The molecule has 0 saturated heterocycles. The summed E-state index contributed by atoms with van der Waals surface area (Å²) in [6.07, 6.45) is -2.74. The van der Waals surface area contributed by atoms with Crippen LogP contribution in [-0.4, -0.2) is 20.7 Å². The van der Waals surface area contributed by atoms with Crippen LogP contribution in [-0.2, 0) is 12.7 Å². The van der Waals surface area contributed by atoms with Gasteiger partial charge in [-0.2, -0.15) is 23.5 Å². The van der Waals surface area contributed by atoms with Gasteiger partial charge >= 0.3 is 6.18 Å². The molecule has 1 aliphatic heterocycles. The first-order valence-electron chi connectivity index (χ1n) is 9.19. The van der Waals surface area contributed by atoms with E-state index in [1.807, 2.05) is 6.07 Å². The van der Waals surface area contributed by atoms with E-state index in [2.05, 4.69) is 15.4 Å². The number of amides is 1. The molecule has 152 valence electrons. The van der Waals surface area contributed by atoms with Crippen molar-refractivity contribution in [1.29, 1.82) is 5.26 Å². The van der Waals surface area contributed by atoms with E-state index >= 15 is 0 Å². The number of halogens is 3. The Bertz CT molecular complexity index is 1180. The molecule has 6 nitrogen and oxygen atoms in total. The molecule has 0 fully saturated rings. The summed E-state index contributed by atoms with van der Waals surface area (Å²) in [6, 6.07) is 10.7. The third-order valence-corrected chi connectivity index (χ3v) is 5.03. The number of aromatic nitrogens is 3. The maximum absolute atomic E-state index is 13.0. The van der Waals surface area contributed by atoms with E-state index in [0.717, 1.165) is 11.8 Å². The summed E-state index contributed by atoms with van der Waals surface area (Å²) >= 11 is 0. The van der Waals surface area contributed by atoms with Crippen LogP contribution >= 0.6 is 0 Å². The summed E-state index contributed by atoms with van der Waals surface area (Å²) in [5, 5.41) is 16.3. The number of nitrogens with zero attached hydrogens (tertiary/aromatic N) is 4. The zero-order valence-corrected chi connectivity index (χ0v) is 15.9. The lowest BCUT2D eigenvalue weighted by molar-refractivity contribution is -0.141. The number of nitriles is 1. The van der Waals surface area contributed by atoms with Gasteiger partial charge in [0.25, 0.3) is 5.91 Å². The van der Waals surface area contributed by atoms with Crippen LogP contribution in [0.25, 0.3) is 11.3 Å². The number of fused-ring (bicyclic) bond motifs is 1. The minimum Gasteiger partial charge on any atom is -0.344 e. The second-order valence-corrected chi connectivity index (χ2v) is 7.07. The number of benzene rings is 1. The van der Waals surface area contributed by atoms with Crippen molar-refractivity contribution in [2.24, 2.45) is 0 Å². The average molecular weight is 411 g/mol. The zero-order chi connectivity index (χ0) is 21.5. The average Bonchev–Trinajstić information content (AvgIpc) is 3.29. The van der Waals surface area contributed by atoms with Crippen molar-refractivity contribution in [2.75, 3.05) is 0 Å². The van der Waals surface area contributed by atoms with Gasteiger partial charge < -0.3 is 5.32 Å². The van der Waals surface area contributed by atoms with Crippen molar-refractivity contribution >= 4 is 5.91 Å². The van der Waals surface area contributed by atoms with Gasteiger partial charge in [0.05, 0.1) is 29.1 Å². The number of hydrogen-bond donors (Lipinski definition) is 1. The fraction of sp³-hybridized carbons (Fsp3) is 0.238. The molecule has 0 radical (unpaired) electrons. The lowest BCUT2D eigenvalue weighted by atomic mass is 10.0. The van der Waals surface area contributed by atoms with Gasteiger partial charge in [-0.1, -0.05) is 6.07 Å². The summed E-state index contributed by atoms with van der Waals surface area (Å²) in [5.74, 6) is -0.326. The first-order valence-corrected chi connectivity index (χ1v) is 9.19. The van der Waals surface area contributed by atoms with E-state index in [1.54, 1.807) is 35.9 Å². The molecule has 1 aromatic carbocycles.